The minimum absolute atomic E-state index is 0.579. The van der Waals surface area contributed by atoms with Crippen molar-refractivity contribution >= 4 is 17.3 Å². The molecule has 1 aromatic heterocycles. The number of nitrogen functional groups attached to an aromatic ring is 1. The van der Waals surface area contributed by atoms with E-state index in [1.54, 1.807) is 25.4 Å². The normalized spacial score (nSPS) is 10.1. The van der Waals surface area contributed by atoms with Crippen LogP contribution in [0.15, 0.2) is 36.5 Å². The summed E-state index contributed by atoms with van der Waals surface area (Å²) in [6.07, 6.45) is 1.72. The summed E-state index contributed by atoms with van der Waals surface area (Å²) in [5.41, 5.74) is 8.12. The Bertz CT molecular complexity index is 497. The number of methoxy groups -OCH3 is 1. The van der Waals surface area contributed by atoms with Gasteiger partial charge in [-0.05, 0) is 18.2 Å². The lowest BCUT2D eigenvalue weighted by molar-refractivity contribution is 0.398. The van der Waals surface area contributed by atoms with Crippen LogP contribution in [-0.2, 0) is 0 Å². The third-order valence-corrected chi connectivity index (χ3v) is 2.56. The Morgan fingerprint density at radius 2 is 2.06 bits per heavy atom. The second-order valence-corrected chi connectivity index (χ2v) is 3.74. The molecule has 1 aromatic carbocycles. The van der Waals surface area contributed by atoms with Crippen LogP contribution in [0.2, 0.25) is 5.02 Å². The molecule has 0 aliphatic heterocycles. The fraction of sp³-hybridized carbons (Fsp3) is 0.0833. The van der Waals surface area contributed by atoms with E-state index >= 15 is 0 Å². The van der Waals surface area contributed by atoms with Crippen molar-refractivity contribution in [2.75, 3.05) is 12.8 Å². The van der Waals surface area contributed by atoms with Crippen LogP contribution in [0, 0.1) is 0 Å². The van der Waals surface area contributed by atoms with E-state index in [1.165, 1.54) is 0 Å². The lowest BCUT2D eigenvalue weighted by atomic mass is 10.1. The maximum absolute atomic E-state index is 6.10. The zero-order chi connectivity index (χ0) is 11.5. The highest BCUT2D eigenvalue weighted by Crippen LogP contribution is 2.29. The molecule has 4 heteroatoms. The van der Waals surface area contributed by atoms with E-state index in [0.29, 0.717) is 16.6 Å². The van der Waals surface area contributed by atoms with Gasteiger partial charge in [-0.25, -0.2) is 4.98 Å². The molecule has 3 nitrogen and oxygen atoms in total. The van der Waals surface area contributed by atoms with Crippen molar-refractivity contribution in [3.05, 3.63) is 41.6 Å². The van der Waals surface area contributed by atoms with Crippen LogP contribution in [0.3, 0.4) is 0 Å². The second kappa shape index (κ2) is 4.41. The van der Waals surface area contributed by atoms with Gasteiger partial charge in [-0.1, -0.05) is 17.7 Å². The Balaban J connectivity index is 2.42. The summed E-state index contributed by atoms with van der Waals surface area (Å²) in [7, 11) is 1.58. The number of pyridine rings is 1. The number of anilines is 1. The summed E-state index contributed by atoms with van der Waals surface area (Å²) < 4.78 is 4.99. The first-order valence-corrected chi connectivity index (χ1v) is 5.14. The zero-order valence-electron chi connectivity index (χ0n) is 8.77. The number of ether oxygens (including phenoxy) is 1. The third kappa shape index (κ3) is 2.09. The minimum atomic E-state index is 0.579. The molecule has 16 heavy (non-hydrogen) atoms. The fourth-order valence-corrected chi connectivity index (χ4v) is 1.72. The van der Waals surface area contributed by atoms with E-state index in [2.05, 4.69) is 4.98 Å². The fourth-order valence-electron chi connectivity index (χ4n) is 1.43. The highest BCUT2D eigenvalue weighted by Gasteiger charge is 2.04. The van der Waals surface area contributed by atoms with Crippen molar-refractivity contribution in [3.8, 4) is 17.0 Å². The van der Waals surface area contributed by atoms with Crippen molar-refractivity contribution in [3.63, 3.8) is 0 Å². The number of hydrogen-bond acceptors (Lipinski definition) is 3. The van der Waals surface area contributed by atoms with Crippen LogP contribution in [-0.4, -0.2) is 12.1 Å². The highest BCUT2D eigenvalue weighted by molar-refractivity contribution is 6.33. The molecule has 2 rings (SSSR count). The molecule has 1 heterocycles. The molecule has 2 aromatic rings. The zero-order valence-corrected chi connectivity index (χ0v) is 9.53. The molecule has 0 unspecified atom stereocenters. The van der Waals surface area contributed by atoms with Gasteiger partial charge in [-0.2, -0.15) is 0 Å². The average molecular weight is 235 g/mol. The molecular formula is C12H11ClN2O. The number of aromatic nitrogens is 1. The number of halogens is 1. The monoisotopic (exact) mass is 234 g/mol. The van der Waals surface area contributed by atoms with Gasteiger partial charge in [0.25, 0.3) is 0 Å². The van der Waals surface area contributed by atoms with Gasteiger partial charge in [0.1, 0.15) is 0 Å². The smallest absolute Gasteiger partial charge is 0.212 e. The number of nitrogens with zero attached hydrogens (tertiary/aromatic N) is 1. The van der Waals surface area contributed by atoms with Crippen molar-refractivity contribution in [1.82, 2.24) is 4.98 Å². The molecule has 0 amide bonds. The molecule has 0 spiro atoms. The maximum atomic E-state index is 6.10. The molecule has 0 saturated heterocycles. The molecule has 0 saturated carbocycles. The van der Waals surface area contributed by atoms with E-state index in [9.17, 15) is 0 Å². The Kier molecular flexibility index (Phi) is 2.97. The lowest BCUT2D eigenvalue weighted by Crippen LogP contribution is -1.89. The Morgan fingerprint density at radius 1 is 1.25 bits per heavy atom. The van der Waals surface area contributed by atoms with Gasteiger partial charge in [0.15, 0.2) is 0 Å². The molecule has 0 radical (unpaired) electrons. The lowest BCUT2D eigenvalue weighted by Gasteiger charge is -2.05. The van der Waals surface area contributed by atoms with Crippen LogP contribution in [0.25, 0.3) is 11.1 Å². The van der Waals surface area contributed by atoms with Gasteiger partial charge in [-0.15, -0.1) is 0 Å². The predicted octanol–water partition coefficient (Wildman–Crippen LogP) is 2.99. The molecule has 0 aliphatic rings. The second-order valence-electron chi connectivity index (χ2n) is 3.33. The van der Waals surface area contributed by atoms with Crippen LogP contribution >= 0.6 is 11.6 Å². The summed E-state index contributed by atoms with van der Waals surface area (Å²) in [6, 6.07) is 9.11. The van der Waals surface area contributed by atoms with Crippen molar-refractivity contribution in [2.45, 2.75) is 0 Å². The van der Waals surface area contributed by atoms with Crippen LogP contribution in [0.5, 0.6) is 5.88 Å². The molecule has 0 atom stereocenters. The quantitative estimate of drug-likeness (QED) is 0.813. The van der Waals surface area contributed by atoms with Gasteiger partial charge < -0.3 is 10.5 Å². The summed E-state index contributed by atoms with van der Waals surface area (Å²) in [6.45, 7) is 0. The first kappa shape index (κ1) is 10.8. The topological polar surface area (TPSA) is 48.1 Å². The van der Waals surface area contributed by atoms with Gasteiger partial charge in [0.2, 0.25) is 5.88 Å². The number of rotatable bonds is 2. The van der Waals surface area contributed by atoms with Crippen molar-refractivity contribution in [1.29, 1.82) is 0 Å². The summed E-state index contributed by atoms with van der Waals surface area (Å²) >= 11 is 6.10. The Hall–Kier alpha value is -1.74. The number of nitrogens with two attached hydrogens (primary N) is 1. The van der Waals surface area contributed by atoms with E-state index in [0.717, 1.165) is 11.1 Å². The van der Waals surface area contributed by atoms with Gasteiger partial charge in [-0.3, -0.25) is 0 Å². The van der Waals surface area contributed by atoms with E-state index in [4.69, 9.17) is 22.1 Å². The van der Waals surface area contributed by atoms with Gasteiger partial charge in [0.05, 0.1) is 12.1 Å². The average Bonchev–Trinajstić information content (AvgIpc) is 2.29. The summed E-state index contributed by atoms with van der Waals surface area (Å²) in [5.74, 6) is 0.579. The summed E-state index contributed by atoms with van der Waals surface area (Å²) in [4.78, 5) is 4.12. The molecule has 0 fully saturated rings. The predicted molar refractivity (Wildman–Crippen MR) is 65.6 cm³/mol. The SMILES string of the molecule is COc1ccc(-c2ccc(N)cc2Cl)cn1. The minimum Gasteiger partial charge on any atom is -0.481 e. The van der Waals surface area contributed by atoms with Gasteiger partial charge >= 0.3 is 0 Å². The maximum Gasteiger partial charge on any atom is 0.212 e. The van der Waals surface area contributed by atoms with Crippen LogP contribution < -0.4 is 10.5 Å². The largest absolute Gasteiger partial charge is 0.481 e. The molecule has 0 aliphatic carbocycles. The van der Waals surface area contributed by atoms with E-state index in [-0.39, 0.29) is 0 Å². The molecule has 2 N–H and O–H groups in total. The first-order valence-electron chi connectivity index (χ1n) is 4.76. The number of hydrogen-bond donors (Lipinski definition) is 1. The number of benzene rings is 1. The van der Waals surface area contributed by atoms with Crippen molar-refractivity contribution < 1.29 is 4.74 Å². The van der Waals surface area contributed by atoms with Crippen LogP contribution in [0.4, 0.5) is 5.69 Å². The third-order valence-electron chi connectivity index (χ3n) is 2.25. The Labute approximate surface area is 98.8 Å². The van der Waals surface area contributed by atoms with Crippen molar-refractivity contribution in [2.24, 2.45) is 0 Å². The van der Waals surface area contributed by atoms with Gasteiger partial charge in [0, 0.05) is 29.1 Å². The van der Waals surface area contributed by atoms with E-state index in [1.807, 2.05) is 18.2 Å². The molecular weight excluding hydrogens is 224 g/mol. The summed E-state index contributed by atoms with van der Waals surface area (Å²) in [5, 5.41) is 0.618. The highest BCUT2D eigenvalue weighted by atomic mass is 35.5. The van der Waals surface area contributed by atoms with Crippen LogP contribution in [0.1, 0.15) is 0 Å². The standard InChI is InChI=1S/C12H11ClN2O/c1-16-12-5-2-8(7-15-12)10-4-3-9(14)6-11(10)13/h2-7H,14H2,1H3. The van der Waals surface area contributed by atoms with E-state index < -0.39 is 0 Å². The molecule has 82 valence electrons. The first-order chi connectivity index (χ1) is 7.70. The Morgan fingerprint density at radius 3 is 2.62 bits per heavy atom. The molecule has 0 bridgehead atoms.